The molecule has 2 heterocycles. The molecule has 2 aromatic rings. The van der Waals surface area contributed by atoms with Crippen molar-refractivity contribution in [3.8, 4) is 11.4 Å². The highest BCUT2D eigenvalue weighted by molar-refractivity contribution is 7.89. The number of sulfone groups is 1. The van der Waals surface area contributed by atoms with Crippen LogP contribution >= 0.6 is 0 Å². The van der Waals surface area contributed by atoms with E-state index in [1.165, 1.54) is 6.26 Å². The largest absolute Gasteiger partial charge is 0.378 e. The third-order valence-corrected chi connectivity index (χ3v) is 5.57. The molecule has 1 aromatic heterocycles. The predicted molar refractivity (Wildman–Crippen MR) is 110 cm³/mol. The number of morpholine rings is 1. The number of hydrogen-bond donors (Lipinski definition) is 1. The third-order valence-electron chi connectivity index (χ3n) is 4.20. The minimum atomic E-state index is -3.22. The Morgan fingerprint density at radius 1 is 1.18 bits per heavy atom. The number of aromatic nitrogens is 2. The fraction of sp³-hybridized carbons (Fsp3) is 0.444. The molecular formula is C18H24N4O4S2. The summed E-state index contributed by atoms with van der Waals surface area (Å²) in [5.41, 5.74) is 2.26. The number of nitrogens with one attached hydrogen (secondary N) is 1. The summed E-state index contributed by atoms with van der Waals surface area (Å²) in [5.74, 6) is 1.06. The van der Waals surface area contributed by atoms with Crippen LogP contribution in [0, 0.1) is 0 Å². The third kappa shape index (κ3) is 6.06. The maximum atomic E-state index is 11.8. The van der Waals surface area contributed by atoms with Gasteiger partial charge in [-0.3, -0.25) is 0 Å². The second-order valence-corrected chi connectivity index (χ2v) is 10.0. The van der Waals surface area contributed by atoms with E-state index in [2.05, 4.69) is 19.6 Å². The maximum Gasteiger partial charge on any atom is 0.161 e. The molecule has 28 heavy (non-hydrogen) atoms. The van der Waals surface area contributed by atoms with Crippen molar-refractivity contribution >= 4 is 26.6 Å². The van der Waals surface area contributed by atoms with Crippen molar-refractivity contribution in [2.45, 2.75) is 12.3 Å². The average molecular weight is 425 g/mol. The summed E-state index contributed by atoms with van der Waals surface area (Å²) in [5, 5.41) is 0. The molecule has 0 spiro atoms. The zero-order valence-electron chi connectivity index (χ0n) is 15.9. The van der Waals surface area contributed by atoms with E-state index in [-0.39, 0.29) is 5.75 Å². The van der Waals surface area contributed by atoms with Gasteiger partial charge in [0.2, 0.25) is 0 Å². The van der Waals surface area contributed by atoms with Crippen LogP contribution in [0.5, 0.6) is 0 Å². The molecule has 1 atom stereocenters. The minimum Gasteiger partial charge on any atom is -0.378 e. The molecule has 1 N–H and O–H groups in total. The number of anilines is 1. The van der Waals surface area contributed by atoms with Gasteiger partial charge in [-0.2, -0.15) is 0 Å². The van der Waals surface area contributed by atoms with Crippen LogP contribution in [0.1, 0.15) is 11.3 Å². The van der Waals surface area contributed by atoms with Crippen molar-refractivity contribution in [2.75, 3.05) is 43.7 Å². The van der Waals surface area contributed by atoms with Gasteiger partial charge < -0.3 is 9.64 Å². The maximum absolute atomic E-state index is 11.8. The topological polar surface area (TPSA) is 101 Å². The fourth-order valence-corrected chi connectivity index (χ4v) is 3.92. The number of ether oxygens (including phenoxy) is 1. The Balaban J connectivity index is 1.91. The summed E-state index contributed by atoms with van der Waals surface area (Å²) in [6.07, 6.45) is 2.78. The van der Waals surface area contributed by atoms with Crippen molar-refractivity contribution in [1.82, 2.24) is 14.7 Å². The SMILES string of the molecule is CS(=O)NCc1ccc(-c2nc(CS(C)(=O)=O)cc(N3CCOCC3)n2)cc1. The van der Waals surface area contributed by atoms with Crippen LogP contribution in [0.15, 0.2) is 30.3 Å². The van der Waals surface area contributed by atoms with Crippen LogP contribution in [0.25, 0.3) is 11.4 Å². The molecule has 0 bridgehead atoms. The van der Waals surface area contributed by atoms with Gasteiger partial charge in [-0.05, 0) is 5.56 Å². The molecular weight excluding hydrogens is 400 g/mol. The monoisotopic (exact) mass is 424 g/mol. The molecule has 1 saturated heterocycles. The van der Waals surface area contributed by atoms with Gasteiger partial charge in [-0.25, -0.2) is 27.3 Å². The molecule has 1 unspecified atom stereocenters. The fourth-order valence-electron chi connectivity index (χ4n) is 2.87. The van der Waals surface area contributed by atoms with Gasteiger partial charge in [-0.1, -0.05) is 24.3 Å². The molecule has 10 heteroatoms. The predicted octanol–water partition coefficient (Wildman–Crippen LogP) is 0.908. The van der Waals surface area contributed by atoms with E-state index in [4.69, 9.17) is 4.74 Å². The van der Waals surface area contributed by atoms with Gasteiger partial charge in [0, 0.05) is 43.8 Å². The Bertz CT molecular complexity index is 943. The standard InChI is InChI=1S/C18H24N4O4S2/c1-27(23)19-12-14-3-5-15(6-4-14)18-20-16(13-28(2,24)25)11-17(21-18)22-7-9-26-10-8-22/h3-6,11,19H,7-10,12-13H2,1-2H3. The van der Waals surface area contributed by atoms with E-state index in [1.54, 1.807) is 12.3 Å². The highest BCUT2D eigenvalue weighted by Crippen LogP contribution is 2.22. The molecule has 8 nitrogen and oxygen atoms in total. The summed E-state index contributed by atoms with van der Waals surface area (Å²) < 4.78 is 43.0. The van der Waals surface area contributed by atoms with Gasteiger partial charge in [0.15, 0.2) is 15.7 Å². The molecule has 1 aliphatic heterocycles. The Hall–Kier alpha value is -1.88. The van der Waals surface area contributed by atoms with E-state index in [0.29, 0.717) is 50.2 Å². The molecule has 1 aliphatic rings. The van der Waals surface area contributed by atoms with Crippen molar-refractivity contribution < 1.29 is 17.4 Å². The summed E-state index contributed by atoms with van der Waals surface area (Å²) in [4.78, 5) is 11.2. The number of rotatable bonds is 7. The van der Waals surface area contributed by atoms with Crippen molar-refractivity contribution in [2.24, 2.45) is 0 Å². The summed E-state index contributed by atoms with van der Waals surface area (Å²) in [7, 11) is -4.29. The van der Waals surface area contributed by atoms with Gasteiger partial charge in [0.1, 0.15) is 5.82 Å². The molecule has 0 aliphatic carbocycles. The molecule has 152 valence electrons. The molecule has 0 saturated carbocycles. The van der Waals surface area contributed by atoms with Crippen LogP contribution < -0.4 is 9.62 Å². The molecule has 1 fully saturated rings. The average Bonchev–Trinajstić information content (AvgIpc) is 2.66. The lowest BCUT2D eigenvalue weighted by molar-refractivity contribution is 0.122. The first kappa shape index (κ1) is 20.8. The second kappa shape index (κ2) is 9.08. The Morgan fingerprint density at radius 3 is 2.46 bits per heavy atom. The van der Waals surface area contributed by atoms with E-state index in [1.807, 2.05) is 24.3 Å². The van der Waals surface area contributed by atoms with Gasteiger partial charge >= 0.3 is 0 Å². The van der Waals surface area contributed by atoms with Gasteiger partial charge in [0.25, 0.3) is 0 Å². The molecule has 3 rings (SSSR count). The first-order valence-electron chi connectivity index (χ1n) is 8.85. The van der Waals surface area contributed by atoms with Crippen LogP contribution in [-0.2, 0) is 37.9 Å². The van der Waals surface area contributed by atoms with E-state index in [0.717, 1.165) is 11.1 Å². The number of nitrogens with zero attached hydrogens (tertiary/aromatic N) is 3. The van der Waals surface area contributed by atoms with Crippen LogP contribution in [-0.4, -0.2) is 61.4 Å². The van der Waals surface area contributed by atoms with E-state index in [9.17, 15) is 12.6 Å². The number of hydrogen-bond acceptors (Lipinski definition) is 7. The lowest BCUT2D eigenvalue weighted by Crippen LogP contribution is -2.37. The summed E-state index contributed by atoms with van der Waals surface area (Å²) >= 11 is 0. The Morgan fingerprint density at radius 2 is 1.86 bits per heavy atom. The van der Waals surface area contributed by atoms with Gasteiger partial charge in [0.05, 0.1) is 35.6 Å². The lowest BCUT2D eigenvalue weighted by Gasteiger charge is -2.28. The van der Waals surface area contributed by atoms with Gasteiger partial charge in [-0.15, -0.1) is 0 Å². The van der Waals surface area contributed by atoms with Crippen molar-refractivity contribution in [1.29, 1.82) is 0 Å². The molecule has 0 radical (unpaired) electrons. The zero-order valence-corrected chi connectivity index (χ0v) is 17.6. The summed E-state index contributed by atoms with van der Waals surface area (Å²) in [6, 6.07) is 9.34. The molecule has 1 aromatic carbocycles. The lowest BCUT2D eigenvalue weighted by atomic mass is 10.1. The van der Waals surface area contributed by atoms with Crippen molar-refractivity contribution in [3.63, 3.8) is 0 Å². The molecule has 0 amide bonds. The van der Waals surface area contributed by atoms with Crippen molar-refractivity contribution in [3.05, 3.63) is 41.6 Å². The highest BCUT2D eigenvalue weighted by Gasteiger charge is 2.17. The number of benzene rings is 1. The first-order chi connectivity index (χ1) is 13.3. The second-order valence-electron chi connectivity index (χ2n) is 6.68. The normalized spacial score (nSPS) is 16.1. The van der Waals surface area contributed by atoms with Crippen LogP contribution in [0.2, 0.25) is 0 Å². The Kier molecular flexibility index (Phi) is 6.76. The minimum absolute atomic E-state index is 0.135. The quantitative estimate of drug-likeness (QED) is 0.705. The zero-order chi connectivity index (χ0) is 20.1. The van der Waals surface area contributed by atoms with E-state index >= 15 is 0 Å². The van der Waals surface area contributed by atoms with Crippen LogP contribution in [0.3, 0.4) is 0 Å². The highest BCUT2D eigenvalue weighted by atomic mass is 32.2. The van der Waals surface area contributed by atoms with E-state index < -0.39 is 20.8 Å². The van der Waals surface area contributed by atoms with Crippen LogP contribution in [0.4, 0.5) is 5.82 Å². The Labute approximate surface area is 167 Å². The smallest absolute Gasteiger partial charge is 0.161 e. The first-order valence-corrected chi connectivity index (χ1v) is 12.5. The summed E-state index contributed by atoms with van der Waals surface area (Å²) in [6.45, 7) is 3.13.